The minimum atomic E-state index is -0.400. The van der Waals surface area contributed by atoms with Gasteiger partial charge in [-0.2, -0.15) is 0 Å². The minimum Gasteiger partial charge on any atom is -0.454 e. The molecule has 0 saturated carbocycles. The highest BCUT2D eigenvalue weighted by atomic mass is 16.3. The molecular weight excluding hydrogens is 973 g/mol. The number of hydrogen-bond donors (Lipinski definition) is 0. The van der Waals surface area contributed by atoms with Gasteiger partial charge in [-0.15, -0.1) is 0 Å². The Labute approximate surface area is 470 Å². The largest absolute Gasteiger partial charge is 0.454 e. The van der Waals surface area contributed by atoms with Gasteiger partial charge in [-0.25, -0.2) is 0 Å². The Balaban J connectivity index is 0.00000148. The van der Waals surface area contributed by atoms with Crippen LogP contribution in [0.3, 0.4) is 0 Å². The van der Waals surface area contributed by atoms with Gasteiger partial charge in [0.05, 0.1) is 22.7 Å². The summed E-state index contributed by atoms with van der Waals surface area (Å²) in [6.07, 6.45) is 9.05. The quantitative estimate of drug-likeness (QED) is 0.152. The van der Waals surface area contributed by atoms with Crippen molar-refractivity contribution in [2.24, 2.45) is 0 Å². The lowest BCUT2D eigenvalue weighted by Gasteiger charge is -2.30. The van der Waals surface area contributed by atoms with Crippen LogP contribution in [-0.4, -0.2) is 0 Å². The first-order valence-corrected chi connectivity index (χ1v) is 28.7. The number of fused-ring (bicyclic) bond motifs is 14. The fourth-order valence-electron chi connectivity index (χ4n) is 13.2. The topological polar surface area (TPSA) is 32.8 Å². The van der Waals surface area contributed by atoms with Crippen molar-refractivity contribution in [1.29, 1.82) is 0 Å². The summed E-state index contributed by atoms with van der Waals surface area (Å²) in [5.74, 6) is 0. The number of benzene rings is 10. The first-order chi connectivity index (χ1) is 39.3. The molecule has 0 amide bonds. The Hall–Kier alpha value is -9.12. The van der Waals surface area contributed by atoms with Crippen LogP contribution >= 0.6 is 0 Å². The van der Waals surface area contributed by atoms with Gasteiger partial charge in [0, 0.05) is 54.9 Å². The SMILES string of the molecule is CC.CC.CC1(C)c2cc3c(cc2-c2c1cc(N(c1ccccc1)c1ccccc1C1=CCCC=C1)c1oc4ccccc4c21)C(C)(C)c1cc(N(c2ccccc2)c2ccccc2-c2ccccc2)c2oc4ccccc4c2c1-3. The molecule has 0 unspecified atom stereocenters. The van der Waals surface area contributed by atoms with Gasteiger partial charge < -0.3 is 18.6 Å². The van der Waals surface area contributed by atoms with Gasteiger partial charge in [0.1, 0.15) is 11.2 Å². The summed E-state index contributed by atoms with van der Waals surface area (Å²) in [6, 6.07) is 77.2. The lowest BCUT2D eigenvalue weighted by atomic mass is 9.79. The standard InChI is InChI=1S/C72H54N2O2.2C2H6/c1-71(2)55-41-54-56(42-53(55)65-57(71)43-61(69-67(65)51-35-19-23-39-63(51)75-69)73(47-29-13-7-14-30-47)59-37-21-17-33-49(59)45-25-9-5-10-26-45)72(3,4)58-44-62(70-68(66(54)58)52-36-20-24-40-64(52)76-70)74(48-31-15-8-16-32-48)60-38-22-18-34-50(60)46-27-11-6-12-28-46;2*1-2/h5,7-11,13-44H,6,12H2,1-4H3;2*1-2H3. The van der Waals surface area contributed by atoms with Crippen molar-refractivity contribution in [3.63, 3.8) is 0 Å². The van der Waals surface area contributed by atoms with Crippen LogP contribution in [0.5, 0.6) is 0 Å². The highest BCUT2D eigenvalue weighted by Gasteiger charge is 2.45. The summed E-state index contributed by atoms with van der Waals surface area (Å²) in [7, 11) is 0. The zero-order chi connectivity index (χ0) is 54.9. The molecule has 3 aliphatic rings. The van der Waals surface area contributed by atoms with Crippen LogP contribution in [0.4, 0.5) is 34.1 Å². The first kappa shape index (κ1) is 50.4. The second-order valence-corrected chi connectivity index (χ2v) is 21.8. The third kappa shape index (κ3) is 7.71. The molecule has 0 radical (unpaired) electrons. The molecule has 0 bridgehead atoms. The molecule has 3 aliphatic carbocycles. The van der Waals surface area contributed by atoms with Crippen molar-refractivity contribution in [3.05, 3.63) is 258 Å². The highest BCUT2D eigenvalue weighted by Crippen LogP contribution is 2.62. The molecule has 2 aromatic heterocycles. The van der Waals surface area contributed by atoms with Crippen LogP contribution in [0.25, 0.3) is 82.8 Å². The number of anilines is 6. The number of rotatable bonds is 8. The minimum absolute atomic E-state index is 0.396. The Morgan fingerprint density at radius 3 is 1.26 bits per heavy atom. The molecule has 10 aromatic carbocycles. The molecular formula is C76H66N2O2. The number of hydrogen-bond acceptors (Lipinski definition) is 4. The number of allylic oxidation sites excluding steroid dienone is 4. The molecule has 392 valence electrons. The predicted octanol–water partition coefficient (Wildman–Crippen LogP) is 22.5. The van der Waals surface area contributed by atoms with Gasteiger partial charge in [0.25, 0.3) is 0 Å². The summed E-state index contributed by atoms with van der Waals surface area (Å²) in [5, 5.41) is 4.53. The van der Waals surface area contributed by atoms with Gasteiger partial charge in [-0.3, -0.25) is 0 Å². The Morgan fingerprint density at radius 2 is 0.787 bits per heavy atom. The lowest BCUT2D eigenvalue weighted by Crippen LogP contribution is -2.18. The van der Waals surface area contributed by atoms with Crippen LogP contribution in [0.15, 0.2) is 239 Å². The van der Waals surface area contributed by atoms with Gasteiger partial charge in [-0.05, 0) is 141 Å². The summed E-state index contributed by atoms with van der Waals surface area (Å²) < 4.78 is 14.4. The van der Waals surface area contributed by atoms with E-state index in [1.54, 1.807) is 0 Å². The van der Waals surface area contributed by atoms with Crippen LogP contribution < -0.4 is 9.80 Å². The summed E-state index contributed by atoms with van der Waals surface area (Å²) in [4.78, 5) is 4.86. The van der Waals surface area contributed by atoms with Crippen molar-refractivity contribution in [3.8, 4) is 33.4 Å². The van der Waals surface area contributed by atoms with E-state index in [0.29, 0.717) is 0 Å². The fourth-order valence-corrected chi connectivity index (χ4v) is 13.2. The van der Waals surface area contributed by atoms with E-state index < -0.39 is 10.8 Å². The molecule has 0 atom stereocenters. The highest BCUT2D eigenvalue weighted by molar-refractivity contribution is 6.22. The molecule has 0 spiro atoms. The van der Waals surface area contributed by atoms with Gasteiger partial charge in [0.2, 0.25) is 0 Å². The Morgan fingerprint density at radius 1 is 0.375 bits per heavy atom. The number of nitrogens with zero attached hydrogens (tertiary/aromatic N) is 2. The zero-order valence-corrected chi connectivity index (χ0v) is 47.1. The number of furan rings is 2. The second-order valence-electron chi connectivity index (χ2n) is 21.8. The summed E-state index contributed by atoms with van der Waals surface area (Å²) in [5.41, 5.74) is 24.1. The van der Waals surface area contributed by atoms with Crippen molar-refractivity contribution >= 4 is 83.6 Å². The van der Waals surface area contributed by atoms with Gasteiger partial charge >= 0.3 is 0 Å². The van der Waals surface area contributed by atoms with E-state index in [1.807, 2.05) is 27.7 Å². The third-order valence-corrected chi connectivity index (χ3v) is 16.8. The monoisotopic (exact) mass is 1040 g/mol. The van der Waals surface area contributed by atoms with E-state index >= 15 is 0 Å². The van der Waals surface area contributed by atoms with Crippen LogP contribution in [0, 0.1) is 0 Å². The predicted molar refractivity (Wildman–Crippen MR) is 340 cm³/mol. The average Bonchev–Trinajstić information content (AvgIpc) is 2.61. The maximum atomic E-state index is 7.23. The lowest BCUT2D eigenvalue weighted by molar-refractivity contribution is 0.650. The Bertz CT molecular complexity index is 4400. The van der Waals surface area contributed by atoms with Crippen LogP contribution in [-0.2, 0) is 10.8 Å². The maximum Gasteiger partial charge on any atom is 0.160 e. The van der Waals surface area contributed by atoms with Crippen LogP contribution in [0.1, 0.15) is 96.0 Å². The normalized spacial score (nSPS) is 14.1. The number of para-hydroxylation sites is 6. The summed E-state index contributed by atoms with van der Waals surface area (Å²) >= 11 is 0. The molecule has 0 fully saturated rings. The van der Waals surface area contributed by atoms with Gasteiger partial charge in [0.15, 0.2) is 11.2 Å². The van der Waals surface area contributed by atoms with Gasteiger partial charge in [-0.1, -0.05) is 213 Å². The third-order valence-electron chi connectivity index (χ3n) is 16.8. The first-order valence-electron chi connectivity index (χ1n) is 28.7. The average molecular weight is 1040 g/mol. The molecule has 4 nitrogen and oxygen atoms in total. The van der Waals surface area contributed by atoms with E-state index in [1.165, 1.54) is 55.6 Å². The smallest absolute Gasteiger partial charge is 0.160 e. The molecule has 0 saturated heterocycles. The molecule has 80 heavy (non-hydrogen) atoms. The van der Waals surface area contributed by atoms with E-state index in [-0.39, 0.29) is 0 Å². The molecule has 4 heteroatoms. The van der Waals surface area contributed by atoms with Crippen molar-refractivity contribution in [1.82, 2.24) is 0 Å². The zero-order valence-electron chi connectivity index (χ0n) is 47.1. The van der Waals surface area contributed by atoms with Crippen LogP contribution in [0.2, 0.25) is 0 Å². The molecule has 0 aliphatic heterocycles. The van der Waals surface area contributed by atoms with E-state index in [0.717, 1.165) is 102 Å². The second kappa shape index (κ2) is 20.0. The van der Waals surface area contributed by atoms with E-state index in [2.05, 4.69) is 268 Å². The molecule has 0 N–H and O–H groups in total. The van der Waals surface area contributed by atoms with Crippen molar-refractivity contribution < 1.29 is 8.83 Å². The van der Waals surface area contributed by atoms with Crippen molar-refractivity contribution in [2.75, 3.05) is 9.80 Å². The maximum absolute atomic E-state index is 7.23. The molecule has 15 rings (SSSR count). The fraction of sp³-hybridized carbons (Fsp3) is 0.158. The summed E-state index contributed by atoms with van der Waals surface area (Å²) in [6.45, 7) is 17.7. The molecule has 12 aromatic rings. The van der Waals surface area contributed by atoms with Crippen molar-refractivity contribution in [2.45, 2.75) is 79.1 Å². The Kier molecular flexibility index (Phi) is 12.6. The molecule has 2 heterocycles. The van der Waals surface area contributed by atoms with E-state index in [4.69, 9.17) is 8.83 Å². The van der Waals surface area contributed by atoms with E-state index in [9.17, 15) is 0 Å².